The predicted molar refractivity (Wildman–Crippen MR) is 100 cm³/mol. The van der Waals surface area contributed by atoms with Gasteiger partial charge in [-0.1, -0.05) is 12.1 Å². The van der Waals surface area contributed by atoms with E-state index in [0.717, 1.165) is 42.1 Å². The van der Waals surface area contributed by atoms with Crippen molar-refractivity contribution < 1.29 is 9.53 Å². The molecule has 3 heterocycles. The number of ether oxygens (including phenoxy) is 1. The summed E-state index contributed by atoms with van der Waals surface area (Å²) in [6.07, 6.45) is 5.19. The number of amides is 1. The zero-order chi connectivity index (χ0) is 17.9. The van der Waals surface area contributed by atoms with E-state index in [0.29, 0.717) is 18.7 Å². The lowest BCUT2D eigenvalue weighted by molar-refractivity contribution is 0.0748. The molecule has 1 aromatic heterocycles. The molecule has 1 aromatic carbocycles. The number of aromatic nitrogens is 1. The number of rotatable bonds is 4. The molecule has 136 valence electrons. The first-order valence-corrected chi connectivity index (χ1v) is 9.37. The summed E-state index contributed by atoms with van der Waals surface area (Å²) in [4.78, 5) is 19.2. The molecule has 2 fully saturated rings. The molecule has 26 heavy (non-hydrogen) atoms. The zero-order valence-corrected chi connectivity index (χ0v) is 15.1. The van der Waals surface area contributed by atoms with Crippen LogP contribution in [0.5, 0.6) is 5.75 Å². The number of hydrogen-bond donors (Lipinski definition) is 1. The molecule has 5 nitrogen and oxygen atoms in total. The van der Waals surface area contributed by atoms with Crippen molar-refractivity contribution in [2.45, 2.75) is 44.9 Å². The summed E-state index contributed by atoms with van der Waals surface area (Å²) in [7, 11) is 0. The van der Waals surface area contributed by atoms with Crippen molar-refractivity contribution in [3.63, 3.8) is 0 Å². The number of pyridine rings is 1. The molecule has 0 saturated carbocycles. The number of hydrogen-bond acceptors (Lipinski definition) is 4. The minimum Gasteiger partial charge on any atom is -0.487 e. The maximum absolute atomic E-state index is 12.9. The summed E-state index contributed by atoms with van der Waals surface area (Å²) in [5.74, 6) is 0.861. The SMILES string of the molecule is Cc1ccc(OCc2cccc(C(=O)N3CCC4CCC(C3)N4)c2)cn1. The van der Waals surface area contributed by atoms with Crippen LogP contribution in [0.2, 0.25) is 0 Å². The second kappa shape index (κ2) is 7.46. The fraction of sp³-hybridized carbons (Fsp3) is 0.429. The van der Waals surface area contributed by atoms with E-state index >= 15 is 0 Å². The van der Waals surface area contributed by atoms with Crippen LogP contribution in [0.4, 0.5) is 0 Å². The first-order valence-electron chi connectivity index (χ1n) is 9.37. The fourth-order valence-corrected chi connectivity index (χ4v) is 3.81. The highest BCUT2D eigenvalue weighted by Crippen LogP contribution is 2.22. The zero-order valence-electron chi connectivity index (χ0n) is 15.1. The first-order chi connectivity index (χ1) is 12.7. The molecule has 0 aliphatic carbocycles. The number of likely N-dealkylation sites (tertiary alicyclic amines) is 1. The van der Waals surface area contributed by atoms with Crippen molar-refractivity contribution in [2.24, 2.45) is 0 Å². The van der Waals surface area contributed by atoms with Gasteiger partial charge in [0, 0.05) is 36.4 Å². The van der Waals surface area contributed by atoms with Gasteiger partial charge in [-0.3, -0.25) is 9.78 Å². The van der Waals surface area contributed by atoms with Crippen LogP contribution in [0.15, 0.2) is 42.6 Å². The van der Waals surface area contributed by atoms with E-state index in [1.165, 1.54) is 12.8 Å². The van der Waals surface area contributed by atoms with Crippen LogP contribution in [0, 0.1) is 6.92 Å². The molecule has 4 rings (SSSR count). The quantitative estimate of drug-likeness (QED) is 0.920. The highest BCUT2D eigenvalue weighted by atomic mass is 16.5. The van der Waals surface area contributed by atoms with Gasteiger partial charge in [-0.05, 0) is 56.0 Å². The maximum Gasteiger partial charge on any atom is 0.253 e. The largest absolute Gasteiger partial charge is 0.487 e. The summed E-state index contributed by atoms with van der Waals surface area (Å²) in [6, 6.07) is 12.6. The Morgan fingerprint density at radius 2 is 2.12 bits per heavy atom. The monoisotopic (exact) mass is 351 g/mol. The molecular weight excluding hydrogens is 326 g/mol. The topological polar surface area (TPSA) is 54.5 Å². The van der Waals surface area contributed by atoms with Crippen molar-refractivity contribution >= 4 is 5.91 Å². The normalized spacial score (nSPS) is 22.1. The van der Waals surface area contributed by atoms with Crippen molar-refractivity contribution in [1.29, 1.82) is 0 Å². The van der Waals surface area contributed by atoms with E-state index in [4.69, 9.17) is 4.74 Å². The number of carbonyl (C=O) groups is 1. The van der Waals surface area contributed by atoms with Crippen LogP contribution in [-0.2, 0) is 6.61 Å². The third-order valence-corrected chi connectivity index (χ3v) is 5.27. The number of carbonyl (C=O) groups excluding carboxylic acids is 1. The average Bonchev–Trinajstić information content (AvgIpc) is 3.00. The molecule has 2 aliphatic heterocycles. The number of aryl methyl sites for hydroxylation is 1. The Balaban J connectivity index is 1.41. The van der Waals surface area contributed by atoms with Gasteiger partial charge in [-0.25, -0.2) is 0 Å². The minimum absolute atomic E-state index is 0.123. The lowest BCUT2D eigenvalue weighted by Crippen LogP contribution is -2.39. The van der Waals surface area contributed by atoms with Crippen molar-refractivity contribution in [2.75, 3.05) is 13.1 Å². The van der Waals surface area contributed by atoms with Crippen LogP contribution < -0.4 is 10.1 Å². The maximum atomic E-state index is 12.9. The Labute approximate surface area is 154 Å². The third-order valence-electron chi connectivity index (χ3n) is 5.27. The average molecular weight is 351 g/mol. The van der Waals surface area contributed by atoms with E-state index < -0.39 is 0 Å². The van der Waals surface area contributed by atoms with Crippen LogP contribution in [0.1, 0.15) is 40.9 Å². The van der Waals surface area contributed by atoms with Gasteiger partial charge in [-0.15, -0.1) is 0 Å². The summed E-state index contributed by atoms with van der Waals surface area (Å²) in [6.45, 7) is 4.02. The van der Waals surface area contributed by atoms with E-state index in [1.807, 2.05) is 48.2 Å². The fourth-order valence-electron chi connectivity index (χ4n) is 3.81. The van der Waals surface area contributed by atoms with Gasteiger partial charge in [0.05, 0.1) is 6.20 Å². The van der Waals surface area contributed by atoms with Crippen LogP contribution in [-0.4, -0.2) is 41.0 Å². The molecule has 5 heteroatoms. The molecule has 2 atom stereocenters. The highest BCUT2D eigenvalue weighted by molar-refractivity contribution is 5.94. The third kappa shape index (κ3) is 3.88. The molecule has 1 amide bonds. The Morgan fingerprint density at radius 1 is 1.23 bits per heavy atom. The van der Waals surface area contributed by atoms with Crippen LogP contribution in [0.3, 0.4) is 0 Å². The van der Waals surface area contributed by atoms with E-state index in [2.05, 4.69) is 10.3 Å². The van der Waals surface area contributed by atoms with Gasteiger partial charge in [-0.2, -0.15) is 0 Å². The molecule has 2 aliphatic rings. The number of nitrogens with zero attached hydrogens (tertiary/aromatic N) is 2. The second-order valence-corrected chi connectivity index (χ2v) is 7.30. The molecule has 0 spiro atoms. The van der Waals surface area contributed by atoms with Gasteiger partial charge in [0.2, 0.25) is 0 Å². The van der Waals surface area contributed by atoms with Crippen molar-refractivity contribution in [1.82, 2.24) is 15.2 Å². The number of fused-ring (bicyclic) bond motifs is 2. The van der Waals surface area contributed by atoms with Gasteiger partial charge in [0.25, 0.3) is 5.91 Å². The molecule has 1 N–H and O–H groups in total. The smallest absolute Gasteiger partial charge is 0.253 e. The molecule has 0 radical (unpaired) electrons. The van der Waals surface area contributed by atoms with Gasteiger partial charge in [0.15, 0.2) is 0 Å². The van der Waals surface area contributed by atoms with Gasteiger partial charge >= 0.3 is 0 Å². The molecule has 2 saturated heterocycles. The molecule has 2 unspecified atom stereocenters. The lowest BCUT2D eigenvalue weighted by Gasteiger charge is -2.24. The van der Waals surface area contributed by atoms with E-state index in [1.54, 1.807) is 6.20 Å². The first kappa shape index (κ1) is 17.0. The number of nitrogens with one attached hydrogen (secondary N) is 1. The van der Waals surface area contributed by atoms with Crippen LogP contribution in [0.25, 0.3) is 0 Å². The summed E-state index contributed by atoms with van der Waals surface area (Å²) in [5, 5.41) is 3.62. The Morgan fingerprint density at radius 3 is 2.96 bits per heavy atom. The molecular formula is C21H25N3O2. The number of benzene rings is 1. The molecule has 2 bridgehead atoms. The lowest BCUT2D eigenvalue weighted by atomic mass is 10.1. The summed E-state index contributed by atoms with van der Waals surface area (Å²) >= 11 is 0. The van der Waals surface area contributed by atoms with Crippen molar-refractivity contribution in [3.8, 4) is 5.75 Å². The van der Waals surface area contributed by atoms with E-state index in [9.17, 15) is 4.79 Å². The standard InChI is InChI=1S/C21H25N3O2/c1-15-5-8-20(12-22-15)26-14-16-3-2-4-17(11-16)21(25)24-10-9-18-6-7-19(13-24)23-18/h2-5,8,11-12,18-19,23H,6-7,9-10,13-14H2,1H3. The Hall–Kier alpha value is -2.40. The van der Waals surface area contributed by atoms with Gasteiger partial charge in [0.1, 0.15) is 12.4 Å². The van der Waals surface area contributed by atoms with E-state index in [-0.39, 0.29) is 5.91 Å². The molecule has 2 aromatic rings. The predicted octanol–water partition coefficient (Wildman–Crippen LogP) is 2.94. The summed E-state index contributed by atoms with van der Waals surface area (Å²) < 4.78 is 5.79. The Kier molecular flexibility index (Phi) is 4.89. The van der Waals surface area contributed by atoms with Crippen LogP contribution >= 0.6 is 0 Å². The van der Waals surface area contributed by atoms with Gasteiger partial charge < -0.3 is 15.0 Å². The Bertz CT molecular complexity index is 775. The second-order valence-electron chi connectivity index (χ2n) is 7.30. The van der Waals surface area contributed by atoms with Crippen molar-refractivity contribution in [3.05, 3.63) is 59.4 Å². The highest BCUT2D eigenvalue weighted by Gasteiger charge is 2.31. The minimum atomic E-state index is 0.123. The summed E-state index contributed by atoms with van der Waals surface area (Å²) in [5.41, 5.74) is 2.70.